The number of rotatable bonds is 5. The Bertz CT molecular complexity index is 815. The van der Waals surface area contributed by atoms with Crippen LogP contribution in [0.2, 0.25) is 0 Å². The maximum atomic E-state index is 13.0. The summed E-state index contributed by atoms with van der Waals surface area (Å²) in [6, 6.07) is 7.30. The number of aryl methyl sites for hydroxylation is 1. The van der Waals surface area contributed by atoms with E-state index in [1.165, 1.54) is 0 Å². The number of pyridine rings is 1. The van der Waals surface area contributed by atoms with E-state index in [0.717, 1.165) is 30.6 Å². The summed E-state index contributed by atoms with van der Waals surface area (Å²) in [7, 11) is -1.86. The van der Waals surface area contributed by atoms with Crippen molar-refractivity contribution >= 4 is 20.9 Å². The molecule has 0 bridgehead atoms. The molecule has 2 heterocycles. The average Bonchev–Trinajstić information content (AvgIpc) is 2.59. The summed E-state index contributed by atoms with van der Waals surface area (Å²) in [5.74, 6) is 0. The Labute approximate surface area is 143 Å². The number of fused-ring (bicyclic) bond motifs is 1. The van der Waals surface area contributed by atoms with E-state index in [4.69, 9.17) is 4.74 Å². The van der Waals surface area contributed by atoms with Gasteiger partial charge in [-0.1, -0.05) is 12.1 Å². The van der Waals surface area contributed by atoms with Crippen LogP contribution < -0.4 is 0 Å². The number of piperazine rings is 1. The first-order valence-corrected chi connectivity index (χ1v) is 9.53. The van der Waals surface area contributed by atoms with Gasteiger partial charge in [0.2, 0.25) is 10.0 Å². The molecule has 1 aromatic heterocycles. The summed E-state index contributed by atoms with van der Waals surface area (Å²) in [5, 5.41) is 0.856. The molecular formula is C17H23N3O3S. The smallest absolute Gasteiger partial charge is 0.245 e. The molecule has 0 radical (unpaired) electrons. The van der Waals surface area contributed by atoms with Gasteiger partial charge in [-0.25, -0.2) is 8.42 Å². The molecule has 0 N–H and O–H groups in total. The summed E-state index contributed by atoms with van der Waals surface area (Å²) in [4.78, 5) is 6.88. The van der Waals surface area contributed by atoms with Crippen molar-refractivity contribution in [3.8, 4) is 0 Å². The fourth-order valence-electron chi connectivity index (χ4n) is 3.00. The van der Waals surface area contributed by atoms with Crippen molar-refractivity contribution in [2.75, 3.05) is 46.4 Å². The van der Waals surface area contributed by atoms with Crippen LogP contribution in [-0.4, -0.2) is 69.0 Å². The second-order valence-electron chi connectivity index (χ2n) is 6.08. The highest BCUT2D eigenvalue weighted by Crippen LogP contribution is 2.25. The zero-order valence-corrected chi connectivity index (χ0v) is 14.9. The lowest BCUT2D eigenvalue weighted by molar-refractivity contribution is 0.123. The Morgan fingerprint density at radius 1 is 1.21 bits per heavy atom. The highest BCUT2D eigenvalue weighted by atomic mass is 32.2. The zero-order chi connectivity index (χ0) is 17.2. The Hall–Kier alpha value is -1.54. The summed E-state index contributed by atoms with van der Waals surface area (Å²) in [6.07, 6.45) is 1.71. The van der Waals surface area contributed by atoms with Crippen LogP contribution in [0.4, 0.5) is 0 Å². The normalized spacial score (nSPS) is 17.4. The van der Waals surface area contributed by atoms with Gasteiger partial charge in [0, 0.05) is 51.4 Å². The second-order valence-corrected chi connectivity index (χ2v) is 7.99. The first kappa shape index (κ1) is 17.3. The highest BCUT2D eigenvalue weighted by Gasteiger charge is 2.30. The van der Waals surface area contributed by atoms with Crippen molar-refractivity contribution in [3.05, 3.63) is 36.0 Å². The molecule has 0 unspecified atom stereocenters. The van der Waals surface area contributed by atoms with Gasteiger partial charge < -0.3 is 4.74 Å². The molecule has 0 amide bonds. The number of para-hydroxylation sites is 1. The minimum Gasteiger partial charge on any atom is -0.383 e. The zero-order valence-electron chi connectivity index (χ0n) is 14.1. The largest absolute Gasteiger partial charge is 0.383 e. The predicted molar refractivity (Wildman–Crippen MR) is 93.6 cm³/mol. The summed E-state index contributed by atoms with van der Waals surface area (Å²) in [5.41, 5.74) is 1.56. The van der Waals surface area contributed by atoms with Crippen LogP contribution >= 0.6 is 0 Å². The number of methoxy groups -OCH3 is 1. The average molecular weight is 349 g/mol. The van der Waals surface area contributed by atoms with Crippen LogP contribution in [0.25, 0.3) is 10.9 Å². The third-order valence-electron chi connectivity index (χ3n) is 4.37. The summed E-state index contributed by atoms with van der Waals surface area (Å²) < 4.78 is 32.7. The van der Waals surface area contributed by atoms with Crippen molar-refractivity contribution in [2.24, 2.45) is 0 Å². The first-order chi connectivity index (χ1) is 11.5. The molecule has 0 aliphatic carbocycles. The topological polar surface area (TPSA) is 62.7 Å². The van der Waals surface area contributed by atoms with E-state index in [1.807, 2.05) is 19.1 Å². The molecule has 0 saturated carbocycles. The molecule has 2 aromatic rings. The molecule has 7 heteroatoms. The highest BCUT2D eigenvalue weighted by molar-refractivity contribution is 7.89. The summed E-state index contributed by atoms with van der Waals surface area (Å²) >= 11 is 0. The maximum Gasteiger partial charge on any atom is 0.245 e. The van der Waals surface area contributed by atoms with Gasteiger partial charge in [0.15, 0.2) is 0 Å². The standard InChI is InChI=1S/C17H23N3O3S/c1-14-12-15-4-3-5-16(17(15)18-13-14)24(21,22)20-8-6-19(7-9-20)10-11-23-2/h3-5,12-13H,6-11H2,1-2H3. The Kier molecular flexibility index (Phi) is 5.15. The third-order valence-corrected chi connectivity index (χ3v) is 6.30. The van der Waals surface area contributed by atoms with Crippen LogP contribution in [0.1, 0.15) is 5.56 Å². The SMILES string of the molecule is COCCN1CCN(S(=O)(=O)c2cccc3cc(C)cnc23)CC1. The Morgan fingerprint density at radius 3 is 2.67 bits per heavy atom. The number of sulfonamides is 1. The number of ether oxygens (including phenoxy) is 1. The maximum absolute atomic E-state index is 13.0. The van der Waals surface area contributed by atoms with Gasteiger partial charge in [0.25, 0.3) is 0 Å². The minimum absolute atomic E-state index is 0.297. The lowest BCUT2D eigenvalue weighted by atomic mass is 10.2. The van der Waals surface area contributed by atoms with Crippen LogP contribution in [0.15, 0.2) is 35.4 Å². The Morgan fingerprint density at radius 2 is 1.96 bits per heavy atom. The van der Waals surface area contributed by atoms with Gasteiger partial charge >= 0.3 is 0 Å². The molecule has 1 fully saturated rings. The fourth-order valence-corrected chi connectivity index (χ4v) is 4.59. The quantitative estimate of drug-likeness (QED) is 0.818. The van der Waals surface area contributed by atoms with E-state index in [9.17, 15) is 8.42 Å². The number of hydrogen-bond acceptors (Lipinski definition) is 5. The fraction of sp³-hybridized carbons (Fsp3) is 0.471. The number of hydrogen-bond donors (Lipinski definition) is 0. The molecule has 130 valence electrons. The van der Waals surface area contributed by atoms with Crippen molar-refractivity contribution in [3.63, 3.8) is 0 Å². The number of nitrogens with zero attached hydrogens (tertiary/aromatic N) is 3. The van der Waals surface area contributed by atoms with Gasteiger partial charge in [-0.3, -0.25) is 9.88 Å². The van der Waals surface area contributed by atoms with Gasteiger partial charge in [0.05, 0.1) is 12.1 Å². The van der Waals surface area contributed by atoms with Gasteiger partial charge in [-0.15, -0.1) is 0 Å². The van der Waals surface area contributed by atoms with Crippen LogP contribution in [0.3, 0.4) is 0 Å². The van der Waals surface area contributed by atoms with Gasteiger partial charge in [0.1, 0.15) is 4.90 Å². The monoisotopic (exact) mass is 349 g/mol. The molecule has 1 aliphatic heterocycles. The number of benzene rings is 1. The molecule has 0 spiro atoms. The minimum atomic E-state index is -3.53. The van der Waals surface area contributed by atoms with E-state index in [1.54, 1.807) is 29.7 Å². The predicted octanol–water partition coefficient (Wildman–Crippen LogP) is 1.50. The molecule has 3 rings (SSSR count). The molecule has 0 atom stereocenters. The number of aromatic nitrogens is 1. The van der Waals surface area contributed by atoms with E-state index in [-0.39, 0.29) is 0 Å². The van der Waals surface area contributed by atoms with Gasteiger partial charge in [-0.2, -0.15) is 4.31 Å². The lowest BCUT2D eigenvalue weighted by Crippen LogP contribution is -2.49. The Balaban J connectivity index is 1.84. The van der Waals surface area contributed by atoms with Crippen LogP contribution in [0, 0.1) is 6.92 Å². The summed E-state index contributed by atoms with van der Waals surface area (Å²) in [6.45, 7) is 5.88. The van der Waals surface area contributed by atoms with E-state index in [2.05, 4.69) is 9.88 Å². The van der Waals surface area contributed by atoms with Crippen molar-refractivity contribution in [1.82, 2.24) is 14.2 Å². The molecular weight excluding hydrogens is 326 g/mol. The molecule has 1 saturated heterocycles. The first-order valence-electron chi connectivity index (χ1n) is 8.09. The van der Waals surface area contributed by atoms with Crippen LogP contribution in [-0.2, 0) is 14.8 Å². The van der Waals surface area contributed by atoms with E-state index < -0.39 is 10.0 Å². The van der Waals surface area contributed by atoms with Gasteiger partial charge in [-0.05, 0) is 24.6 Å². The van der Waals surface area contributed by atoms with Crippen LogP contribution in [0.5, 0.6) is 0 Å². The van der Waals surface area contributed by atoms with Crippen molar-refractivity contribution < 1.29 is 13.2 Å². The molecule has 6 nitrogen and oxygen atoms in total. The van der Waals surface area contributed by atoms with E-state index in [0.29, 0.717) is 30.1 Å². The molecule has 24 heavy (non-hydrogen) atoms. The van der Waals surface area contributed by atoms with E-state index >= 15 is 0 Å². The molecule has 1 aromatic carbocycles. The molecule has 1 aliphatic rings. The van der Waals surface area contributed by atoms with Crippen molar-refractivity contribution in [1.29, 1.82) is 0 Å². The second kappa shape index (κ2) is 7.14. The van der Waals surface area contributed by atoms with Crippen molar-refractivity contribution in [2.45, 2.75) is 11.8 Å². The third kappa shape index (κ3) is 3.44. The lowest BCUT2D eigenvalue weighted by Gasteiger charge is -2.33.